The second-order valence-electron chi connectivity index (χ2n) is 6.18. The molecule has 1 saturated carbocycles. The quantitative estimate of drug-likeness (QED) is 0.750. The van der Waals surface area contributed by atoms with E-state index >= 15 is 0 Å². The lowest BCUT2D eigenvalue weighted by Crippen LogP contribution is -2.64. The van der Waals surface area contributed by atoms with Gasteiger partial charge in [0.25, 0.3) is 5.91 Å². The Morgan fingerprint density at radius 1 is 1.39 bits per heavy atom. The Hall–Kier alpha value is -1.35. The van der Waals surface area contributed by atoms with E-state index in [1.807, 2.05) is 4.90 Å². The molecular formula is C14H21F3N2O4. The monoisotopic (exact) mass is 338 g/mol. The lowest BCUT2D eigenvalue weighted by atomic mass is 9.90. The van der Waals surface area contributed by atoms with Gasteiger partial charge in [-0.15, -0.1) is 0 Å². The average molecular weight is 338 g/mol. The van der Waals surface area contributed by atoms with Gasteiger partial charge in [-0.1, -0.05) is 0 Å². The number of carboxylic acid groups (broad SMARTS) is 1. The van der Waals surface area contributed by atoms with Crippen LogP contribution in [0.3, 0.4) is 0 Å². The maximum absolute atomic E-state index is 12.1. The van der Waals surface area contributed by atoms with Crippen molar-refractivity contribution in [2.24, 2.45) is 0 Å². The summed E-state index contributed by atoms with van der Waals surface area (Å²) in [6.07, 6.45) is -0.998. The van der Waals surface area contributed by atoms with Crippen LogP contribution in [0.25, 0.3) is 0 Å². The van der Waals surface area contributed by atoms with Crippen molar-refractivity contribution in [3.05, 3.63) is 0 Å². The van der Waals surface area contributed by atoms with E-state index in [-0.39, 0.29) is 11.5 Å². The summed E-state index contributed by atoms with van der Waals surface area (Å²) >= 11 is 0. The van der Waals surface area contributed by atoms with Crippen molar-refractivity contribution in [2.45, 2.75) is 50.0 Å². The number of aliphatic carboxylic acids is 1. The molecule has 1 unspecified atom stereocenters. The number of carbonyl (C=O) groups excluding carboxylic acids is 1. The summed E-state index contributed by atoms with van der Waals surface area (Å²) in [5.41, 5.74) is -0.522. The standard InChI is InChI=1S/C12H20N2O2.C2HF3O2/c1-2-14-9-11(4-3-7-13-8-11)16-12(5-6-12)10(14)15;3-2(4,5)1(6)7/h13H,2-9H2,1H3;(H,6,7). The van der Waals surface area contributed by atoms with Gasteiger partial charge in [-0.25, -0.2) is 4.79 Å². The molecule has 3 aliphatic rings. The minimum Gasteiger partial charge on any atom is -0.475 e. The van der Waals surface area contributed by atoms with Gasteiger partial charge in [0.15, 0.2) is 0 Å². The lowest BCUT2D eigenvalue weighted by Gasteiger charge is -2.48. The van der Waals surface area contributed by atoms with Gasteiger partial charge in [0.1, 0.15) is 5.60 Å². The third kappa shape index (κ3) is 3.95. The van der Waals surface area contributed by atoms with Crippen molar-refractivity contribution >= 4 is 11.9 Å². The number of alkyl halides is 3. The van der Waals surface area contributed by atoms with Crippen LogP contribution in [-0.2, 0) is 14.3 Å². The summed E-state index contributed by atoms with van der Waals surface area (Å²) in [7, 11) is 0. The summed E-state index contributed by atoms with van der Waals surface area (Å²) in [5.74, 6) is -2.53. The molecule has 6 nitrogen and oxygen atoms in total. The minimum atomic E-state index is -5.08. The summed E-state index contributed by atoms with van der Waals surface area (Å²) < 4.78 is 37.9. The highest BCUT2D eigenvalue weighted by molar-refractivity contribution is 5.89. The van der Waals surface area contributed by atoms with E-state index in [2.05, 4.69) is 12.2 Å². The number of rotatable bonds is 1. The van der Waals surface area contributed by atoms with Crippen LogP contribution in [0.5, 0.6) is 0 Å². The molecule has 1 atom stereocenters. The highest BCUT2D eigenvalue weighted by Crippen LogP contribution is 2.48. The number of hydrogen-bond acceptors (Lipinski definition) is 4. The lowest BCUT2D eigenvalue weighted by molar-refractivity contribution is -0.193. The molecule has 132 valence electrons. The van der Waals surface area contributed by atoms with Crippen LogP contribution in [0.1, 0.15) is 32.6 Å². The fourth-order valence-electron chi connectivity index (χ4n) is 3.05. The highest BCUT2D eigenvalue weighted by Gasteiger charge is 2.61. The summed E-state index contributed by atoms with van der Waals surface area (Å²) in [4.78, 5) is 23.0. The summed E-state index contributed by atoms with van der Waals surface area (Å²) in [6.45, 7) is 5.63. The Morgan fingerprint density at radius 3 is 2.39 bits per heavy atom. The number of nitrogens with one attached hydrogen (secondary N) is 1. The molecule has 2 spiro atoms. The van der Waals surface area contributed by atoms with Crippen molar-refractivity contribution < 1.29 is 32.6 Å². The van der Waals surface area contributed by atoms with Gasteiger partial charge in [0.2, 0.25) is 0 Å². The first-order valence-corrected chi connectivity index (χ1v) is 7.65. The second kappa shape index (κ2) is 6.27. The number of morpholine rings is 1. The van der Waals surface area contributed by atoms with E-state index in [9.17, 15) is 18.0 Å². The number of amides is 1. The zero-order valence-electron chi connectivity index (χ0n) is 12.9. The average Bonchev–Trinajstić information content (AvgIpc) is 3.24. The Labute approximate surface area is 132 Å². The smallest absolute Gasteiger partial charge is 0.475 e. The number of hydrogen-bond donors (Lipinski definition) is 2. The van der Waals surface area contributed by atoms with Crippen LogP contribution in [0.2, 0.25) is 0 Å². The van der Waals surface area contributed by atoms with Crippen LogP contribution < -0.4 is 5.32 Å². The molecule has 3 rings (SSSR count). The first-order chi connectivity index (χ1) is 10.6. The fourth-order valence-corrected chi connectivity index (χ4v) is 3.05. The Morgan fingerprint density at radius 2 is 2.00 bits per heavy atom. The summed E-state index contributed by atoms with van der Waals surface area (Å²) in [5, 5.41) is 10.5. The molecule has 1 aliphatic carbocycles. The maximum atomic E-state index is 12.1. The fraction of sp³-hybridized carbons (Fsp3) is 0.857. The molecule has 1 amide bonds. The number of piperidine rings is 1. The van der Waals surface area contributed by atoms with Gasteiger partial charge in [-0.2, -0.15) is 13.2 Å². The van der Waals surface area contributed by atoms with Crippen LogP contribution in [0, 0.1) is 0 Å². The van der Waals surface area contributed by atoms with E-state index in [1.165, 1.54) is 0 Å². The molecular weight excluding hydrogens is 317 g/mol. The van der Waals surface area contributed by atoms with Crippen molar-refractivity contribution in [3.63, 3.8) is 0 Å². The van der Waals surface area contributed by atoms with Gasteiger partial charge in [-0.3, -0.25) is 4.79 Å². The molecule has 2 aliphatic heterocycles. The number of carboxylic acids is 1. The number of halogens is 3. The largest absolute Gasteiger partial charge is 0.490 e. The topological polar surface area (TPSA) is 78.9 Å². The Bertz CT molecular complexity index is 471. The number of nitrogens with zero attached hydrogens (tertiary/aromatic N) is 1. The van der Waals surface area contributed by atoms with Gasteiger partial charge in [0, 0.05) is 13.1 Å². The van der Waals surface area contributed by atoms with Gasteiger partial charge in [-0.05, 0) is 39.2 Å². The molecule has 0 bridgehead atoms. The number of likely N-dealkylation sites (N-methyl/N-ethyl adjacent to an activating group) is 1. The first kappa shape index (κ1) is 18.0. The predicted molar refractivity (Wildman–Crippen MR) is 73.8 cm³/mol. The van der Waals surface area contributed by atoms with Crippen molar-refractivity contribution in [1.29, 1.82) is 0 Å². The Kier molecular flexibility index (Phi) is 4.91. The third-order valence-electron chi connectivity index (χ3n) is 4.33. The van der Waals surface area contributed by atoms with Crippen LogP contribution in [-0.4, -0.2) is 65.4 Å². The molecule has 0 aromatic carbocycles. The van der Waals surface area contributed by atoms with Gasteiger partial charge in [0.05, 0.1) is 12.1 Å². The third-order valence-corrected chi connectivity index (χ3v) is 4.33. The maximum Gasteiger partial charge on any atom is 0.490 e. The van der Waals surface area contributed by atoms with E-state index < -0.39 is 17.7 Å². The van der Waals surface area contributed by atoms with Crippen molar-refractivity contribution in [3.8, 4) is 0 Å². The molecule has 2 saturated heterocycles. The van der Waals surface area contributed by atoms with E-state index in [4.69, 9.17) is 14.6 Å². The molecule has 3 fully saturated rings. The first-order valence-electron chi connectivity index (χ1n) is 7.65. The minimum absolute atomic E-state index is 0.0985. The molecule has 0 aromatic heterocycles. The number of carbonyl (C=O) groups is 2. The Balaban J connectivity index is 0.000000236. The van der Waals surface area contributed by atoms with E-state index in [1.54, 1.807) is 0 Å². The SMILES string of the molecule is CCN1CC2(CCCNC2)OC2(CC2)C1=O.O=C(O)C(F)(F)F. The van der Waals surface area contributed by atoms with Crippen LogP contribution >= 0.6 is 0 Å². The second-order valence-corrected chi connectivity index (χ2v) is 6.18. The van der Waals surface area contributed by atoms with E-state index in [0.29, 0.717) is 0 Å². The van der Waals surface area contributed by atoms with Crippen LogP contribution in [0.4, 0.5) is 13.2 Å². The van der Waals surface area contributed by atoms with E-state index in [0.717, 1.165) is 51.9 Å². The zero-order valence-corrected chi connectivity index (χ0v) is 12.9. The van der Waals surface area contributed by atoms with Crippen LogP contribution in [0.15, 0.2) is 0 Å². The normalized spacial score (nSPS) is 29.2. The molecule has 2 heterocycles. The molecule has 2 N–H and O–H groups in total. The zero-order chi connectivity index (χ0) is 17.3. The van der Waals surface area contributed by atoms with Crippen molar-refractivity contribution in [1.82, 2.24) is 10.2 Å². The molecule has 0 aromatic rings. The van der Waals surface area contributed by atoms with Gasteiger partial charge < -0.3 is 20.1 Å². The van der Waals surface area contributed by atoms with Crippen molar-refractivity contribution in [2.75, 3.05) is 26.2 Å². The predicted octanol–water partition coefficient (Wildman–Crippen LogP) is 1.15. The number of ether oxygens (including phenoxy) is 1. The molecule has 23 heavy (non-hydrogen) atoms. The molecule has 9 heteroatoms. The molecule has 0 radical (unpaired) electrons. The summed E-state index contributed by atoms with van der Waals surface area (Å²) in [6, 6.07) is 0. The van der Waals surface area contributed by atoms with Gasteiger partial charge >= 0.3 is 12.1 Å². The highest BCUT2D eigenvalue weighted by atomic mass is 19.4.